The molecule has 0 spiro atoms. The van der Waals surface area contributed by atoms with Crippen LogP contribution >= 0.6 is 0 Å². The minimum Gasteiger partial charge on any atom is -0.309 e. The molecule has 0 amide bonds. The number of hydrogen-bond donors (Lipinski definition) is 1. The molecular formula is C15H15FN2O2. The van der Waals surface area contributed by atoms with Crippen LogP contribution in [0.1, 0.15) is 16.7 Å². The van der Waals surface area contributed by atoms with E-state index in [0.717, 1.165) is 0 Å². The first kappa shape index (κ1) is 14.1. The summed E-state index contributed by atoms with van der Waals surface area (Å²) in [7, 11) is 0. The third kappa shape index (κ3) is 3.39. The first-order valence-electron chi connectivity index (χ1n) is 6.26. The lowest BCUT2D eigenvalue weighted by Gasteiger charge is -2.08. The van der Waals surface area contributed by atoms with E-state index in [-0.39, 0.29) is 0 Å². The van der Waals surface area contributed by atoms with Gasteiger partial charge in [-0.25, -0.2) is 0 Å². The molecule has 0 saturated carbocycles. The van der Waals surface area contributed by atoms with E-state index in [1.807, 2.05) is 31.2 Å². The maximum absolute atomic E-state index is 13.4. The van der Waals surface area contributed by atoms with Gasteiger partial charge in [0, 0.05) is 19.2 Å². The second-order valence-electron chi connectivity index (χ2n) is 4.57. The van der Waals surface area contributed by atoms with Gasteiger partial charge in [-0.3, -0.25) is 10.1 Å². The van der Waals surface area contributed by atoms with Gasteiger partial charge in [0.25, 0.3) is 0 Å². The molecule has 0 saturated heterocycles. The molecule has 20 heavy (non-hydrogen) atoms. The maximum Gasteiger partial charge on any atom is 0.304 e. The summed E-state index contributed by atoms with van der Waals surface area (Å²) >= 11 is 0. The molecule has 0 atom stereocenters. The zero-order chi connectivity index (χ0) is 14.5. The second-order valence-corrected chi connectivity index (χ2v) is 4.57. The van der Waals surface area contributed by atoms with Crippen LogP contribution in [-0.2, 0) is 13.1 Å². The average Bonchev–Trinajstić information content (AvgIpc) is 2.40. The van der Waals surface area contributed by atoms with E-state index in [0.29, 0.717) is 18.7 Å². The van der Waals surface area contributed by atoms with Gasteiger partial charge in [0.1, 0.15) is 0 Å². The van der Waals surface area contributed by atoms with Crippen LogP contribution in [0.5, 0.6) is 0 Å². The van der Waals surface area contributed by atoms with Crippen LogP contribution in [0.15, 0.2) is 42.5 Å². The number of benzene rings is 2. The molecule has 0 aliphatic carbocycles. The van der Waals surface area contributed by atoms with Crippen LogP contribution in [0.4, 0.5) is 10.1 Å². The van der Waals surface area contributed by atoms with Gasteiger partial charge in [-0.05, 0) is 29.7 Å². The molecule has 0 aliphatic rings. The van der Waals surface area contributed by atoms with Crippen molar-refractivity contribution in [2.24, 2.45) is 0 Å². The van der Waals surface area contributed by atoms with Crippen LogP contribution in [0, 0.1) is 22.9 Å². The van der Waals surface area contributed by atoms with Gasteiger partial charge in [-0.1, -0.05) is 30.3 Å². The summed E-state index contributed by atoms with van der Waals surface area (Å²) in [6.07, 6.45) is 0. The van der Waals surface area contributed by atoms with Crippen LogP contribution in [-0.4, -0.2) is 4.92 Å². The molecule has 104 valence electrons. The molecular weight excluding hydrogens is 259 g/mol. The molecule has 0 aliphatic heterocycles. The first-order valence-corrected chi connectivity index (χ1v) is 6.26. The minimum absolute atomic E-state index is 0.462. The van der Waals surface area contributed by atoms with Gasteiger partial charge in [0.15, 0.2) is 0 Å². The highest BCUT2D eigenvalue weighted by molar-refractivity contribution is 5.35. The summed E-state index contributed by atoms with van der Waals surface area (Å²) in [5.74, 6) is -0.801. The van der Waals surface area contributed by atoms with Crippen molar-refractivity contribution in [3.8, 4) is 0 Å². The van der Waals surface area contributed by atoms with Crippen LogP contribution in [0.3, 0.4) is 0 Å². The van der Waals surface area contributed by atoms with Crippen molar-refractivity contribution < 1.29 is 9.31 Å². The number of halogens is 1. The van der Waals surface area contributed by atoms with E-state index >= 15 is 0 Å². The molecule has 0 aromatic heterocycles. The smallest absolute Gasteiger partial charge is 0.304 e. The van der Waals surface area contributed by atoms with Crippen molar-refractivity contribution in [1.82, 2.24) is 5.32 Å². The summed E-state index contributed by atoms with van der Waals surface area (Å²) in [6, 6.07) is 12.0. The van der Waals surface area contributed by atoms with Crippen molar-refractivity contribution in [2.45, 2.75) is 20.0 Å². The zero-order valence-electron chi connectivity index (χ0n) is 11.1. The zero-order valence-corrected chi connectivity index (χ0v) is 11.1. The Morgan fingerprint density at radius 3 is 2.60 bits per heavy atom. The van der Waals surface area contributed by atoms with Crippen molar-refractivity contribution in [2.75, 3.05) is 0 Å². The van der Waals surface area contributed by atoms with Gasteiger partial charge in [-0.15, -0.1) is 0 Å². The van der Waals surface area contributed by atoms with Crippen LogP contribution < -0.4 is 5.32 Å². The SMILES string of the molecule is Cc1ccccc1CNCc1ccc([N+](=O)[O-])c(F)c1. The predicted octanol–water partition coefficient (Wildman–Crippen LogP) is 3.33. The fourth-order valence-electron chi connectivity index (χ4n) is 1.96. The summed E-state index contributed by atoms with van der Waals surface area (Å²) < 4.78 is 13.4. The first-order chi connectivity index (χ1) is 9.58. The van der Waals surface area contributed by atoms with Crippen molar-refractivity contribution >= 4 is 5.69 Å². The molecule has 0 radical (unpaired) electrons. The lowest BCUT2D eigenvalue weighted by molar-refractivity contribution is -0.387. The summed E-state index contributed by atoms with van der Waals surface area (Å²) in [5.41, 5.74) is 2.55. The molecule has 0 unspecified atom stereocenters. The van der Waals surface area contributed by atoms with E-state index in [1.54, 1.807) is 6.07 Å². The largest absolute Gasteiger partial charge is 0.309 e. The normalized spacial score (nSPS) is 10.5. The van der Waals surface area contributed by atoms with E-state index in [1.165, 1.54) is 23.3 Å². The Kier molecular flexibility index (Phi) is 4.42. The van der Waals surface area contributed by atoms with Crippen molar-refractivity contribution in [1.29, 1.82) is 0 Å². The molecule has 0 heterocycles. The van der Waals surface area contributed by atoms with Crippen LogP contribution in [0.25, 0.3) is 0 Å². The predicted molar refractivity (Wildman–Crippen MR) is 74.8 cm³/mol. The molecule has 4 nitrogen and oxygen atoms in total. The monoisotopic (exact) mass is 274 g/mol. The van der Waals surface area contributed by atoms with Gasteiger partial charge >= 0.3 is 5.69 Å². The van der Waals surface area contributed by atoms with E-state index in [2.05, 4.69) is 5.32 Å². The Morgan fingerprint density at radius 1 is 1.20 bits per heavy atom. The van der Waals surface area contributed by atoms with E-state index in [9.17, 15) is 14.5 Å². The Bertz CT molecular complexity index is 629. The fourth-order valence-corrected chi connectivity index (χ4v) is 1.96. The maximum atomic E-state index is 13.4. The standard InChI is InChI=1S/C15H15FN2O2/c1-11-4-2-3-5-13(11)10-17-9-12-6-7-15(18(19)20)14(16)8-12/h2-8,17H,9-10H2,1H3. The summed E-state index contributed by atoms with van der Waals surface area (Å²) in [5, 5.41) is 13.7. The Balaban J connectivity index is 1.97. The number of nitrogens with one attached hydrogen (secondary N) is 1. The topological polar surface area (TPSA) is 55.2 Å². The quantitative estimate of drug-likeness (QED) is 0.672. The fraction of sp³-hybridized carbons (Fsp3) is 0.200. The van der Waals surface area contributed by atoms with E-state index < -0.39 is 16.4 Å². The highest BCUT2D eigenvalue weighted by Gasteiger charge is 2.13. The molecule has 1 N–H and O–H groups in total. The number of nitro groups is 1. The number of rotatable bonds is 5. The summed E-state index contributed by atoms with van der Waals surface area (Å²) in [6.45, 7) is 3.16. The Labute approximate surface area is 116 Å². The Morgan fingerprint density at radius 2 is 1.95 bits per heavy atom. The second kappa shape index (κ2) is 6.25. The van der Waals surface area contributed by atoms with Gasteiger partial charge in [0.05, 0.1) is 4.92 Å². The number of nitro benzene ring substituents is 1. The lowest BCUT2D eigenvalue weighted by atomic mass is 10.1. The van der Waals surface area contributed by atoms with E-state index in [4.69, 9.17) is 0 Å². The third-order valence-corrected chi connectivity index (χ3v) is 3.11. The molecule has 2 rings (SSSR count). The van der Waals surface area contributed by atoms with Gasteiger partial charge in [0.2, 0.25) is 5.82 Å². The third-order valence-electron chi connectivity index (χ3n) is 3.11. The number of aryl methyl sites for hydroxylation is 1. The highest BCUT2D eigenvalue weighted by Crippen LogP contribution is 2.18. The molecule has 5 heteroatoms. The van der Waals surface area contributed by atoms with Crippen molar-refractivity contribution in [3.63, 3.8) is 0 Å². The number of hydrogen-bond acceptors (Lipinski definition) is 3. The lowest BCUT2D eigenvalue weighted by Crippen LogP contribution is -2.13. The highest BCUT2D eigenvalue weighted by atomic mass is 19.1. The number of nitrogens with zero attached hydrogens (tertiary/aromatic N) is 1. The Hall–Kier alpha value is -2.27. The minimum atomic E-state index is -0.801. The average molecular weight is 274 g/mol. The van der Waals surface area contributed by atoms with Gasteiger partial charge in [-0.2, -0.15) is 4.39 Å². The summed E-state index contributed by atoms with van der Waals surface area (Å²) in [4.78, 5) is 9.80. The van der Waals surface area contributed by atoms with Crippen LogP contribution in [0.2, 0.25) is 0 Å². The molecule has 2 aromatic carbocycles. The van der Waals surface area contributed by atoms with Gasteiger partial charge < -0.3 is 5.32 Å². The molecule has 0 fully saturated rings. The molecule has 2 aromatic rings. The van der Waals surface area contributed by atoms with Crippen molar-refractivity contribution in [3.05, 3.63) is 75.1 Å². The molecule has 0 bridgehead atoms.